The number of thiazole rings is 1. The first-order chi connectivity index (χ1) is 15.1. The third-order valence-corrected chi connectivity index (χ3v) is 7.06. The zero-order chi connectivity index (χ0) is 23.0. The topological polar surface area (TPSA) is 108 Å². The van der Waals surface area contributed by atoms with E-state index in [-0.39, 0.29) is 36.3 Å². The summed E-state index contributed by atoms with van der Waals surface area (Å²) in [6.45, 7) is 8.15. The summed E-state index contributed by atoms with van der Waals surface area (Å²) in [4.78, 5) is 28.1. The van der Waals surface area contributed by atoms with E-state index in [4.69, 9.17) is 5.73 Å². The molecule has 3 atom stereocenters. The first-order valence-corrected chi connectivity index (χ1v) is 11.8. The van der Waals surface area contributed by atoms with Gasteiger partial charge in [-0.1, -0.05) is 45.0 Å². The van der Waals surface area contributed by atoms with Crippen molar-refractivity contribution < 1.29 is 9.90 Å². The van der Waals surface area contributed by atoms with Gasteiger partial charge >= 0.3 is 0 Å². The molecule has 3 heterocycles. The minimum atomic E-state index is -0.634. The van der Waals surface area contributed by atoms with Crippen molar-refractivity contribution >= 4 is 29.7 Å². The lowest BCUT2D eigenvalue weighted by atomic mass is 9.86. The number of halogens is 1. The Morgan fingerprint density at radius 2 is 2.00 bits per heavy atom. The number of aromatic nitrogens is 3. The summed E-state index contributed by atoms with van der Waals surface area (Å²) in [5.41, 5.74) is 12.1. The van der Waals surface area contributed by atoms with Crippen molar-refractivity contribution in [1.29, 1.82) is 0 Å². The number of carbonyl (C=O) groups excluding carboxylic acids is 1. The Labute approximate surface area is 204 Å². The van der Waals surface area contributed by atoms with Crippen molar-refractivity contribution in [1.82, 2.24) is 19.9 Å². The van der Waals surface area contributed by atoms with Crippen LogP contribution in [-0.2, 0) is 11.2 Å². The number of amides is 1. The van der Waals surface area contributed by atoms with Gasteiger partial charge in [0.25, 0.3) is 0 Å². The Morgan fingerprint density at radius 1 is 1.30 bits per heavy atom. The summed E-state index contributed by atoms with van der Waals surface area (Å²) in [6, 6.07) is 7.55. The number of imidazole rings is 1. The quantitative estimate of drug-likeness (QED) is 0.504. The number of aromatic amines is 1. The molecule has 3 aromatic rings. The molecule has 0 spiro atoms. The van der Waals surface area contributed by atoms with Crippen LogP contribution in [0, 0.1) is 12.3 Å². The Hall–Kier alpha value is -2.26. The summed E-state index contributed by atoms with van der Waals surface area (Å²) in [7, 11) is 0. The number of hydrogen-bond donors (Lipinski definition) is 3. The van der Waals surface area contributed by atoms with Crippen LogP contribution in [0.15, 0.2) is 36.0 Å². The fourth-order valence-electron chi connectivity index (χ4n) is 4.07. The fraction of sp³-hybridized carbons (Fsp3) is 0.458. The molecule has 33 heavy (non-hydrogen) atoms. The second-order valence-electron chi connectivity index (χ2n) is 9.67. The Kier molecular flexibility index (Phi) is 7.63. The molecule has 1 saturated heterocycles. The van der Waals surface area contributed by atoms with E-state index in [1.54, 1.807) is 16.2 Å². The van der Waals surface area contributed by atoms with Gasteiger partial charge < -0.3 is 20.7 Å². The Balaban J connectivity index is 0.00000306. The van der Waals surface area contributed by atoms with Crippen LogP contribution in [0.4, 0.5) is 0 Å². The largest absolute Gasteiger partial charge is 0.391 e. The van der Waals surface area contributed by atoms with E-state index in [0.29, 0.717) is 18.7 Å². The van der Waals surface area contributed by atoms with Gasteiger partial charge in [-0.2, -0.15) is 0 Å². The molecule has 1 aliphatic rings. The molecule has 4 rings (SSSR count). The van der Waals surface area contributed by atoms with Gasteiger partial charge in [-0.05, 0) is 23.5 Å². The highest BCUT2D eigenvalue weighted by molar-refractivity contribution is 7.13. The number of rotatable bonds is 5. The molecule has 178 valence electrons. The minimum Gasteiger partial charge on any atom is -0.391 e. The van der Waals surface area contributed by atoms with Crippen LogP contribution in [0.5, 0.6) is 0 Å². The molecule has 4 N–H and O–H groups in total. The number of aliphatic hydroxyl groups excluding tert-OH is 1. The van der Waals surface area contributed by atoms with Gasteiger partial charge in [0, 0.05) is 31.3 Å². The second-order valence-corrected chi connectivity index (χ2v) is 10.5. The second kappa shape index (κ2) is 9.93. The van der Waals surface area contributed by atoms with Crippen LogP contribution in [0.1, 0.15) is 56.0 Å². The first-order valence-electron chi connectivity index (χ1n) is 10.9. The maximum absolute atomic E-state index is 13.0. The first kappa shape index (κ1) is 25.4. The van der Waals surface area contributed by atoms with E-state index in [1.807, 2.05) is 39.4 Å². The van der Waals surface area contributed by atoms with Crippen molar-refractivity contribution in [2.24, 2.45) is 11.1 Å². The van der Waals surface area contributed by atoms with Crippen LogP contribution in [0.25, 0.3) is 10.4 Å². The Bertz CT molecular complexity index is 1090. The lowest BCUT2D eigenvalue weighted by molar-refractivity contribution is -0.136. The van der Waals surface area contributed by atoms with Gasteiger partial charge in [-0.15, -0.1) is 23.7 Å². The predicted molar refractivity (Wildman–Crippen MR) is 133 cm³/mol. The number of carbonyl (C=O) groups is 1. The summed E-state index contributed by atoms with van der Waals surface area (Å²) < 4.78 is 0. The van der Waals surface area contributed by atoms with E-state index >= 15 is 0 Å². The molecule has 0 aliphatic carbocycles. The minimum absolute atomic E-state index is 0. The molecule has 1 amide bonds. The van der Waals surface area contributed by atoms with Crippen molar-refractivity contribution in [3.05, 3.63) is 58.7 Å². The molecule has 0 saturated carbocycles. The third-order valence-electron chi connectivity index (χ3n) is 6.08. The maximum Gasteiger partial charge on any atom is 0.240 e. The number of nitrogens with zero attached hydrogens (tertiary/aromatic N) is 3. The number of hydrogen-bond acceptors (Lipinski definition) is 6. The van der Waals surface area contributed by atoms with Gasteiger partial charge in [0.05, 0.1) is 34.3 Å². The summed E-state index contributed by atoms with van der Waals surface area (Å²) in [6.07, 6.45) is 2.40. The molecule has 2 aromatic heterocycles. The average molecular weight is 490 g/mol. The molecular formula is C24H32ClN5O2S. The molecule has 1 aliphatic heterocycles. The normalized spacial score (nSPS) is 19.4. The van der Waals surface area contributed by atoms with Gasteiger partial charge in [-0.25, -0.2) is 9.97 Å². The van der Waals surface area contributed by atoms with Crippen LogP contribution < -0.4 is 5.73 Å². The Morgan fingerprint density at radius 3 is 2.61 bits per heavy atom. The van der Waals surface area contributed by atoms with Crippen LogP contribution in [0.3, 0.4) is 0 Å². The van der Waals surface area contributed by atoms with E-state index in [0.717, 1.165) is 11.4 Å². The zero-order valence-corrected chi connectivity index (χ0v) is 21.0. The standard InChI is InChI=1S/C24H31N5O2S.ClH/c1-14-20(32-13-27-14)16-7-5-15(6-8-16)9-17-11-26-22(28-17)19-10-18(30)12-29(19)23(31)21(25)24(2,3)4;/h5-8,11,13,18-19,21,30H,9-10,12,25H2,1-4H3,(H,26,28);1H/t18-,19+,21-;/m1./s1. The number of H-pyrrole nitrogens is 1. The lowest BCUT2D eigenvalue weighted by Gasteiger charge is -2.32. The molecule has 1 fully saturated rings. The molecule has 9 heteroatoms. The highest BCUT2D eigenvalue weighted by Crippen LogP contribution is 2.33. The highest BCUT2D eigenvalue weighted by atomic mass is 35.5. The number of aryl methyl sites for hydroxylation is 1. The molecule has 0 radical (unpaired) electrons. The summed E-state index contributed by atoms with van der Waals surface area (Å²) in [5.74, 6) is 0.550. The van der Waals surface area contributed by atoms with Crippen molar-refractivity contribution in [3.63, 3.8) is 0 Å². The van der Waals surface area contributed by atoms with E-state index in [9.17, 15) is 9.90 Å². The van der Waals surface area contributed by atoms with Crippen LogP contribution >= 0.6 is 23.7 Å². The van der Waals surface area contributed by atoms with Gasteiger partial charge in [0.15, 0.2) is 0 Å². The third kappa shape index (κ3) is 5.46. The highest BCUT2D eigenvalue weighted by Gasteiger charge is 2.41. The molecule has 1 aromatic carbocycles. The van der Waals surface area contributed by atoms with E-state index in [1.165, 1.54) is 16.0 Å². The molecular weight excluding hydrogens is 458 g/mol. The van der Waals surface area contributed by atoms with Crippen molar-refractivity contribution in [2.75, 3.05) is 6.54 Å². The van der Waals surface area contributed by atoms with Crippen LogP contribution in [0.2, 0.25) is 0 Å². The number of β-amino-alcohol motifs (C(OH)–C–C–N with tert-alkyl or cyclic N) is 1. The SMILES string of the molecule is Cc1ncsc1-c1ccc(Cc2cnc([C@@H]3C[C@@H](O)CN3C(=O)[C@@H](N)C(C)(C)C)[nH]2)cc1.Cl. The monoisotopic (exact) mass is 489 g/mol. The number of likely N-dealkylation sites (tertiary alicyclic amines) is 1. The van der Waals surface area contributed by atoms with E-state index < -0.39 is 12.1 Å². The number of nitrogens with one attached hydrogen (secondary N) is 1. The number of nitrogens with two attached hydrogens (primary N) is 1. The maximum atomic E-state index is 13.0. The average Bonchev–Trinajstić information content (AvgIpc) is 3.47. The lowest BCUT2D eigenvalue weighted by Crippen LogP contribution is -2.50. The molecule has 7 nitrogen and oxygen atoms in total. The summed E-state index contributed by atoms with van der Waals surface area (Å²) in [5, 5.41) is 10.3. The molecule has 0 bridgehead atoms. The van der Waals surface area contributed by atoms with E-state index in [2.05, 4.69) is 39.2 Å². The zero-order valence-electron chi connectivity index (χ0n) is 19.4. The van der Waals surface area contributed by atoms with Crippen molar-refractivity contribution in [2.45, 2.75) is 58.7 Å². The summed E-state index contributed by atoms with van der Waals surface area (Å²) >= 11 is 1.65. The van der Waals surface area contributed by atoms with Gasteiger partial charge in [-0.3, -0.25) is 4.79 Å². The molecule has 0 unspecified atom stereocenters. The van der Waals surface area contributed by atoms with Gasteiger partial charge in [0.1, 0.15) is 5.82 Å². The number of benzene rings is 1. The van der Waals surface area contributed by atoms with Gasteiger partial charge in [0.2, 0.25) is 5.91 Å². The fourth-order valence-corrected chi connectivity index (χ4v) is 4.89. The number of aliphatic hydroxyl groups is 1. The predicted octanol–water partition coefficient (Wildman–Crippen LogP) is 3.86. The van der Waals surface area contributed by atoms with Crippen molar-refractivity contribution in [3.8, 4) is 10.4 Å². The van der Waals surface area contributed by atoms with Crippen LogP contribution in [-0.4, -0.2) is 49.6 Å². The smallest absolute Gasteiger partial charge is 0.240 e.